The van der Waals surface area contributed by atoms with Gasteiger partial charge < -0.3 is 4.74 Å². The lowest BCUT2D eigenvalue weighted by Gasteiger charge is -2.00. The molecule has 1 heterocycles. The Bertz CT molecular complexity index is 568. The molecule has 0 aliphatic rings. The molecule has 0 aliphatic heterocycles. The lowest BCUT2D eigenvalue weighted by molar-refractivity contribution is 0.415. The second kappa shape index (κ2) is 6.55. The summed E-state index contributed by atoms with van der Waals surface area (Å²) >= 11 is 0. The highest BCUT2D eigenvalue weighted by Gasteiger charge is 1.92. The molecule has 0 fully saturated rings. The number of pyridine rings is 1. The molecule has 1 aromatic carbocycles. The standard InChI is InChI=1S/C17H17NO/c1-14(6-9-16-5-3-4-12-18-16)13-15-7-10-17(19-2)11-8-15/h3-13H,1-2H3/b9-6+,14-13+. The van der Waals surface area contributed by atoms with Crippen molar-refractivity contribution < 1.29 is 4.74 Å². The first kappa shape index (κ1) is 13.1. The SMILES string of the molecule is COc1ccc(/C=C(C)/C=C/c2ccccn2)cc1. The molecule has 0 amide bonds. The van der Waals surface area contributed by atoms with E-state index in [-0.39, 0.29) is 0 Å². The molecule has 0 atom stereocenters. The van der Waals surface area contributed by atoms with Gasteiger partial charge in [-0.25, -0.2) is 0 Å². The van der Waals surface area contributed by atoms with Crippen LogP contribution in [0.1, 0.15) is 18.2 Å². The predicted octanol–water partition coefficient (Wildman–Crippen LogP) is 4.21. The smallest absolute Gasteiger partial charge is 0.118 e. The number of nitrogens with zero attached hydrogens (tertiary/aromatic N) is 1. The number of benzene rings is 1. The van der Waals surface area contributed by atoms with Crippen molar-refractivity contribution in [2.75, 3.05) is 7.11 Å². The number of rotatable bonds is 4. The normalized spacial score (nSPS) is 11.8. The minimum Gasteiger partial charge on any atom is -0.497 e. The Balaban J connectivity index is 2.08. The van der Waals surface area contributed by atoms with Crippen molar-refractivity contribution in [2.45, 2.75) is 6.92 Å². The second-order valence-corrected chi connectivity index (χ2v) is 4.25. The van der Waals surface area contributed by atoms with Crippen LogP contribution >= 0.6 is 0 Å². The number of methoxy groups -OCH3 is 1. The van der Waals surface area contributed by atoms with Crippen LogP contribution in [0.15, 0.2) is 60.3 Å². The van der Waals surface area contributed by atoms with Gasteiger partial charge in [-0.1, -0.05) is 35.9 Å². The van der Waals surface area contributed by atoms with E-state index in [1.807, 2.05) is 48.5 Å². The minimum atomic E-state index is 0.874. The highest BCUT2D eigenvalue weighted by molar-refractivity contribution is 5.60. The molecule has 0 saturated heterocycles. The summed E-state index contributed by atoms with van der Waals surface area (Å²) in [5.41, 5.74) is 3.30. The van der Waals surface area contributed by atoms with Crippen molar-refractivity contribution in [3.05, 3.63) is 71.6 Å². The van der Waals surface area contributed by atoms with Crippen LogP contribution in [0.3, 0.4) is 0 Å². The zero-order valence-electron chi connectivity index (χ0n) is 11.2. The Morgan fingerprint density at radius 1 is 1.11 bits per heavy atom. The fourth-order valence-electron chi connectivity index (χ4n) is 1.70. The van der Waals surface area contributed by atoms with Crippen LogP contribution in [0.2, 0.25) is 0 Å². The molecule has 0 aliphatic carbocycles. The average molecular weight is 251 g/mol. The highest BCUT2D eigenvalue weighted by Crippen LogP contribution is 2.14. The maximum absolute atomic E-state index is 5.14. The molecule has 1 aromatic heterocycles. The Morgan fingerprint density at radius 3 is 2.53 bits per heavy atom. The van der Waals surface area contributed by atoms with Gasteiger partial charge in [-0.2, -0.15) is 0 Å². The molecule has 2 nitrogen and oxygen atoms in total. The molecule has 0 radical (unpaired) electrons. The summed E-state index contributed by atoms with van der Waals surface area (Å²) in [5, 5.41) is 0. The number of allylic oxidation sites excluding steroid dienone is 2. The number of hydrogen-bond acceptors (Lipinski definition) is 2. The van der Waals surface area contributed by atoms with E-state index in [0.717, 1.165) is 17.0 Å². The Kier molecular flexibility index (Phi) is 4.51. The van der Waals surface area contributed by atoms with E-state index in [1.165, 1.54) is 5.57 Å². The van der Waals surface area contributed by atoms with Gasteiger partial charge in [0.15, 0.2) is 0 Å². The zero-order chi connectivity index (χ0) is 13.5. The van der Waals surface area contributed by atoms with E-state index in [4.69, 9.17) is 4.74 Å². The lowest BCUT2D eigenvalue weighted by atomic mass is 10.1. The van der Waals surface area contributed by atoms with Crippen molar-refractivity contribution in [2.24, 2.45) is 0 Å². The van der Waals surface area contributed by atoms with Gasteiger partial charge in [0, 0.05) is 6.20 Å². The fourth-order valence-corrected chi connectivity index (χ4v) is 1.70. The maximum Gasteiger partial charge on any atom is 0.118 e. The first-order chi connectivity index (χ1) is 9.28. The minimum absolute atomic E-state index is 0.874. The third-order valence-electron chi connectivity index (χ3n) is 2.71. The lowest BCUT2D eigenvalue weighted by Crippen LogP contribution is -1.82. The summed E-state index contributed by atoms with van der Waals surface area (Å²) in [4.78, 5) is 4.25. The van der Waals surface area contributed by atoms with E-state index in [1.54, 1.807) is 13.3 Å². The molecular formula is C17H17NO. The van der Waals surface area contributed by atoms with Crippen molar-refractivity contribution in [1.82, 2.24) is 4.98 Å². The van der Waals surface area contributed by atoms with Gasteiger partial charge in [0.1, 0.15) is 5.75 Å². The van der Waals surface area contributed by atoms with Crippen molar-refractivity contribution in [3.8, 4) is 5.75 Å². The van der Waals surface area contributed by atoms with Gasteiger partial charge in [0.2, 0.25) is 0 Å². The first-order valence-corrected chi connectivity index (χ1v) is 6.19. The van der Waals surface area contributed by atoms with Crippen LogP contribution in [-0.2, 0) is 0 Å². The second-order valence-electron chi connectivity index (χ2n) is 4.25. The van der Waals surface area contributed by atoms with E-state index >= 15 is 0 Å². The van der Waals surface area contributed by atoms with E-state index in [2.05, 4.69) is 24.1 Å². The Hall–Kier alpha value is -2.35. The molecule has 96 valence electrons. The molecule has 0 bridgehead atoms. The monoisotopic (exact) mass is 251 g/mol. The van der Waals surface area contributed by atoms with Gasteiger partial charge in [-0.15, -0.1) is 0 Å². The molecule has 19 heavy (non-hydrogen) atoms. The van der Waals surface area contributed by atoms with Gasteiger partial charge >= 0.3 is 0 Å². The van der Waals surface area contributed by atoms with Crippen molar-refractivity contribution in [1.29, 1.82) is 0 Å². The molecular weight excluding hydrogens is 234 g/mol. The summed E-state index contributed by atoms with van der Waals surface area (Å²) in [6, 6.07) is 13.9. The molecule has 0 N–H and O–H groups in total. The average Bonchev–Trinajstić information content (AvgIpc) is 2.47. The van der Waals surface area contributed by atoms with E-state index in [0.29, 0.717) is 0 Å². The fraction of sp³-hybridized carbons (Fsp3) is 0.118. The largest absolute Gasteiger partial charge is 0.497 e. The molecule has 0 saturated carbocycles. The maximum atomic E-state index is 5.14. The van der Waals surface area contributed by atoms with Gasteiger partial charge in [0.25, 0.3) is 0 Å². The number of aromatic nitrogens is 1. The van der Waals surface area contributed by atoms with Gasteiger partial charge in [0.05, 0.1) is 12.8 Å². The van der Waals surface area contributed by atoms with Crippen molar-refractivity contribution in [3.63, 3.8) is 0 Å². The zero-order valence-corrected chi connectivity index (χ0v) is 11.2. The summed E-state index contributed by atoms with van der Waals surface area (Å²) in [6.45, 7) is 2.07. The quantitative estimate of drug-likeness (QED) is 0.759. The molecule has 0 unspecified atom stereocenters. The van der Waals surface area contributed by atoms with Crippen LogP contribution in [-0.4, -0.2) is 12.1 Å². The van der Waals surface area contributed by atoms with E-state index in [9.17, 15) is 0 Å². The van der Waals surface area contributed by atoms with Crippen LogP contribution in [0, 0.1) is 0 Å². The van der Waals surface area contributed by atoms with Crippen LogP contribution in [0.25, 0.3) is 12.2 Å². The summed E-state index contributed by atoms with van der Waals surface area (Å²) in [5.74, 6) is 0.874. The van der Waals surface area contributed by atoms with Gasteiger partial charge in [-0.05, 0) is 42.8 Å². The Morgan fingerprint density at radius 2 is 1.89 bits per heavy atom. The van der Waals surface area contributed by atoms with Crippen LogP contribution in [0.5, 0.6) is 5.75 Å². The number of hydrogen-bond donors (Lipinski definition) is 0. The molecule has 2 rings (SSSR count). The van der Waals surface area contributed by atoms with Crippen LogP contribution in [0.4, 0.5) is 0 Å². The third-order valence-corrected chi connectivity index (χ3v) is 2.71. The topological polar surface area (TPSA) is 22.1 Å². The molecule has 0 spiro atoms. The summed E-state index contributed by atoms with van der Waals surface area (Å²) < 4.78 is 5.14. The first-order valence-electron chi connectivity index (χ1n) is 6.19. The van der Waals surface area contributed by atoms with E-state index < -0.39 is 0 Å². The summed E-state index contributed by atoms with van der Waals surface area (Å²) in [6.07, 6.45) is 7.99. The third kappa shape index (κ3) is 4.11. The Labute approximate surface area is 114 Å². The van der Waals surface area contributed by atoms with Crippen LogP contribution < -0.4 is 4.74 Å². The van der Waals surface area contributed by atoms with Crippen molar-refractivity contribution >= 4 is 12.2 Å². The van der Waals surface area contributed by atoms with Gasteiger partial charge in [-0.3, -0.25) is 4.98 Å². The predicted molar refractivity (Wildman–Crippen MR) is 79.9 cm³/mol. The molecule has 2 aromatic rings. The highest BCUT2D eigenvalue weighted by atomic mass is 16.5. The summed E-state index contributed by atoms with van der Waals surface area (Å²) in [7, 11) is 1.67. The molecule has 2 heteroatoms. The number of ether oxygens (including phenoxy) is 1.